The molecule has 1 aromatic carbocycles. The van der Waals surface area contributed by atoms with Crippen LogP contribution in [0.3, 0.4) is 0 Å². The number of rotatable bonds is 6. The molecule has 1 N–H and O–H groups in total. The minimum atomic E-state index is -0.186. The number of carbonyl (C=O) groups is 1. The third-order valence-electron chi connectivity index (χ3n) is 4.85. The highest BCUT2D eigenvalue weighted by Gasteiger charge is 2.33. The first kappa shape index (κ1) is 18.1. The monoisotopic (exact) mass is 382 g/mol. The molecule has 0 aliphatic carbocycles. The smallest absolute Gasteiger partial charge is 0.255 e. The lowest BCUT2D eigenvalue weighted by Crippen LogP contribution is -2.32. The van der Waals surface area contributed by atoms with Crippen molar-refractivity contribution in [3.8, 4) is 11.5 Å². The van der Waals surface area contributed by atoms with Crippen LogP contribution < -0.4 is 14.8 Å². The van der Waals surface area contributed by atoms with Gasteiger partial charge in [0.25, 0.3) is 5.91 Å². The van der Waals surface area contributed by atoms with Crippen LogP contribution in [0.25, 0.3) is 0 Å². The summed E-state index contributed by atoms with van der Waals surface area (Å²) in [5.41, 5.74) is 2.23. The van der Waals surface area contributed by atoms with Gasteiger partial charge in [-0.2, -0.15) is 0 Å². The molecule has 1 amide bonds. The predicted molar refractivity (Wildman–Crippen MR) is 105 cm³/mol. The van der Waals surface area contributed by atoms with Crippen molar-refractivity contribution in [2.75, 3.05) is 33.9 Å². The lowest BCUT2D eigenvalue weighted by atomic mass is 10.1. The second-order valence-electron chi connectivity index (χ2n) is 6.55. The Morgan fingerprint density at radius 3 is 2.89 bits per heavy atom. The molecular formula is C20H22N4O4. The van der Waals surface area contributed by atoms with Gasteiger partial charge in [0.1, 0.15) is 17.9 Å². The molecule has 8 nitrogen and oxygen atoms in total. The van der Waals surface area contributed by atoms with Crippen LogP contribution in [0.5, 0.6) is 11.5 Å². The number of amides is 1. The summed E-state index contributed by atoms with van der Waals surface area (Å²) >= 11 is 0. The third kappa shape index (κ3) is 3.11. The molecule has 0 radical (unpaired) electrons. The summed E-state index contributed by atoms with van der Waals surface area (Å²) in [5.74, 6) is 2.91. The minimum Gasteiger partial charge on any atom is -0.493 e. The van der Waals surface area contributed by atoms with E-state index in [1.165, 1.54) is 0 Å². The Bertz CT molecular complexity index is 977. The number of aryl methyl sites for hydroxylation is 1. The fraction of sp³-hybridized carbons (Fsp3) is 0.350. The molecule has 2 aliphatic heterocycles. The van der Waals surface area contributed by atoms with Crippen LogP contribution in [0, 0.1) is 6.92 Å². The maximum absolute atomic E-state index is 12.9. The van der Waals surface area contributed by atoms with Crippen LogP contribution in [0.2, 0.25) is 0 Å². The van der Waals surface area contributed by atoms with E-state index in [-0.39, 0.29) is 5.91 Å². The average Bonchev–Trinajstić information content (AvgIpc) is 3.30. The average molecular weight is 382 g/mol. The first-order chi connectivity index (χ1) is 13.6. The van der Waals surface area contributed by atoms with Crippen molar-refractivity contribution in [1.29, 1.82) is 0 Å². The molecule has 2 aromatic rings. The van der Waals surface area contributed by atoms with E-state index in [1.807, 2.05) is 23.1 Å². The van der Waals surface area contributed by atoms with Gasteiger partial charge in [-0.25, -0.2) is 4.99 Å². The fourth-order valence-electron chi connectivity index (χ4n) is 3.46. The normalized spacial score (nSPS) is 14.4. The van der Waals surface area contributed by atoms with Gasteiger partial charge in [-0.15, -0.1) is 0 Å². The number of amidine groups is 1. The van der Waals surface area contributed by atoms with E-state index < -0.39 is 0 Å². The third-order valence-corrected chi connectivity index (χ3v) is 4.85. The lowest BCUT2D eigenvalue weighted by molar-refractivity contribution is 0.0952. The molecule has 4 rings (SSSR count). The highest BCUT2D eigenvalue weighted by molar-refractivity contribution is 6.17. The number of hydrogen-bond donors (Lipinski definition) is 1. The van der Waals surface area contributed by atoms with Crippen molar-refractivity contribution < 1.29 is 18.7 Å². The maximum Gasteiger partial charge on any atom is 0.255 e. The summed E-state index contributed by atoms with van der Waals surface area (Å²) in [4.78, 5) is 23.6. The topological polar surface area (TPSA) is 88.7 Å². The molecule has 2 aliphatic rings. The number of nitrogens with zero attached hydrogens (tertiary/aromatic N) is 3. The van der Waals surface area contributed by atoms with Crippen LogP contribution in [-0.2, 0) is 6.42 Å². The quantitative estimate of drug-likeness (QED) is 0.828. The molecule has 0 bridgehead atoms. The Labute approximate surface area is 162 Å². The highest BCUT2D eigenvalue weighted by Crippen LogP contribution is 2.34. The summed E-state index contributed by atoms with van der Waals surface area (Å²) in [6.07, 6.45) is 2.37. The zero-order chi connectivity index (χ0) is 19.7. The van der Waals surface area contributed by atoms with Crippen molar-refractivity contribution in [2.45, 2.75) is 13.3 Å². The van der Waals surface area contributed by atoms with Gasteiger partial charge in [0, 0.05) is 13.1 Å². The number of ether oxygens (including phenoxy) is 2. The minimum absolute atomic E-state index is 0.186. The van der Waals surface area contributed by atoms with Gasteiger partial charge in [0.05, 0.1) is 31.9 Å². The van der Waals surface area contributed by atoms with Crippen molar-refractivity contribution in [2.24, 2.45) is 9.98 Å². The van der Waals surface area contributed by atoms with E-state index in [2.05, 4.69) is 15.3 Å². The standard InChI is InChI=1S/C20H22N4O4/c1-12-16(17-18-21-8-9-24(18)11-23-20(17)28-12)19(25)22-7-6-13-4-5-14(26-2)15(10-13)27-3/h4-5,10-11H,6-9H2,1-3H3,(H,22,25). The number of hydrogen-bond acceptors (Lipinski definition) is 7. The summed E-state index contributed by atoms with van der Waals surface area (Å²) in [5, 5.41) is 2.97. The molecule has 0 unspecified atom stereocenters. The predicted octanol–water partition coefficient (Wildman–Crippen LogP) is 2.31. The Hall–Kier alpha value is -3.29. The van der Waals surface area contributed by atoms with E-state index in [0.29, 0.717) is 53.8 Å². The number of methoxy groups -OCH3 is 2. The zero-order valence-electron chi connectivity index (χ0n) is 16.1. The van der Waals surface area contributed by atoms with E-state index >= 15 is 0 Å². The molecule has 3 heterocycles. The maximum atomic E-state index is 12.9. The van der Waals surface area contributed by atoms with Gasteiger partial charge >= 0.3 is 0 Å². The molecule has 0 atom stereocenters. The van der Waals surface area contributed by atoms with Gasteiger partial charge in [0.2, 0.25) is 5.88 Å². The SMILES string of the molecule is COc1ccc(CCNC(=O)c2c(C)oc3c2C2=NCCN2C=N3)cc1OC. The van der Waals surface area contributed by atoms with Gasteiger partial charge in [-0.1, -0.05) is 6.07 Å². The molecule has 0 fully saturated rings. The summed E-state index contributed by atoms with van der Waals surface area (Å²) < 4.78 is 16.3. The summed E-state index contributed by atoms with van der Waals surface area (Å²) in [6.45, 7) is 3.71. The van der Waals surface area contributed by atoms with Crippen molar-refractivity contribution >= 4 is 24.0 Å². The molecule has 0 saturated heterocycles. The second kappa shape index (κ2) is 7.38. The van der Waals surface area contributed by atoms with Crippen LogP contribution in [-0.4, -0.2) is 56.8 Å². The Kier molecular flexibility index (Phi) is 4.77. The number of benzene rings is 1. The van der Waals surface area contributed by atoms with Crippen LogP contribution in [0.1, 0.15) is 27.2 Å². The van der Waals surface area contributed by atoms with Crippen molar-refractivity contribution in [1.82, 2.24) is 10.2 Å². The first-order valence-corrected chi connectivity index (χ1v) is 9.10. The number of nitrogens with one attached hydrogen (secondary N) is 1. The molecule has 0 saturated carbocycles. The van der Waals surface area contributed by atoms with Gasteiger partial charge in [-0.3, -0.25) is 9.79 Å². The molecule has 146 valence electrons. The zero-order valence-corrected chi connectivity index (χ0v) is 16.1. The summed E-state index contributed by atoms with van der Waals surface area (Å²) in [7, 11) is 3.21. The second-order valence-corrected chi connectivity index (χ2v) is 6.55. The number of furan rings is 1. The Morgan fingerprint density at radius 1 is 1.29 bits per heavy atom. The molecule has 8 heteroatoms. The number of aliphatic imine (C=N–C) groups is 2. The molecule has 1 aromatic heterocycles. The van der Waals surface area contributed by atoms with Crippen LogP contribution in [0.15, 0.2) is 32.6 Å². The van der Waals surface area contributed by atoms with Gasteiger partial charge in [0.15, 0.2) is 11.5 Å². The van der Waals surface area contributed by atoms with Crippen molar-refractivity contribution in [3.63, 3.8) is 0 Å². The Balaban J connectivity index is 1.47. The fourth-order valence-corrected chi connectivity index (χ4v) is 3.46. The largest absolute Gasteiger partial charge is 0.493 e. The number of fused-ring (bicyclic) bond motifs is 3. The Morgan fingerprint density at radius 2 is 2.11 bits per heavy atom. The molecular weight excluding hydrogens is 360 g/mol. The molecule has 0 spiro atoms. The number of carbonyl (C=O) groups excluding carboxylic acids is 1. The van der Waals surface area contributed by atoms with Gasteiger partial charge < -0.3 is 24.1 Å². The van der Waals surface area contributed by atoms with Crippen molar-refractivity contribution in [3.05, 3.63) is 40.6 Å². The van der Waals surface area contributed by atoms with E-state index in [1.54, 1.807) is 27.5 Å². The first-order valence-electron chi connectivity index (χ1n) is 9.10. The highest BCUT2D eigenvalue weighted by atomic mass is 16.5. The van der Waals surface area contributed by atoms with Crippen LogP contribution in [0.4, 0.5) is 5.88 Å². The molecule has 28 heavy (non-hydrogen) atoms. The van der Waals surface area contributed by atoms with E-state index in [4.69, 9.17) is 13.9 Å². The lowest BCUT2D eigenvalue weighted by Gasteiger charge is -2.18. The van der Waals surface area contributed by atoms with E-state index in [0.717, 1.165) is 17.9 Å². The van der Waals surface area contributed by atoms with E-state index in [9.17, 15) is 4.79 Å². The van der Waals surface area contributed by atoms with Crippen LogP contribution >= 0.6 is 0 Å². The summed E-state index contributed by atoms with van der Waals surface area (Å²) in [6, 6.07) is 5.73. The van der Waals surface area contributed by atoms with Gasteiger partial charge in [-0.05, 0) is 31.0 Å².